The van der Waals surface area contributed by atoms with E-state index in [-0.39, 0.29) is 11.8 Å². The van der Waals surface area contributed by atoms with Crippen LogP contribution in [0.2, 0.25) is 0 Å². The summed E-state index contributed by atoms with van der Waals surface area (Å²) in [4.78, 5) is 12.4. The van der Waals surface area contributed by atoms with Crippen LogP contribution in [0.3, 0.4) is 0 Å². The molecular weight excluding hydrogens is 306 g/mol. The largest absolute Gasteiger partial charge is 0.294 e. The molecule has 0 heterocycles. The molecule has 0 amide bonds. The van der Waals surface area contributed by atoms with E-state index >= 15 is 0 Å². The Bertz CT molecular complexity index is 921. The van der Waals surface area contributed by atoms with Crippen molar-refractivity contribution in [2.45, 2.75) is 26.3 Å². The van der Waals surface area contributed by atoms with Crippen LogP contribution in [0.5, 0.6) is 0 Å². The third-order valence-corrected chi connectivity index (χ3v) is 4.79. The van der Waals surface area contributed by atoms with Crippen molar-refractivity contribution in [3.63, 3.8) is 0 Å². The molecule has 0 aliphatic rings. The second-order valence-corrected chi connectivity index (χ2v) is 6.60. The zero-order chi connectivity index (χ0) is 17.8. The van der Waals surface area contributed by atoms with Crippen LogP contribution in [0, 0.1) is 6.92 Å². The highest BCUT2D eigenvalue weighted by molar-refractivity contribution is 5.96. The van der Waals surface area contributed by atoms with Crippen molar-refractivity contribution in [3.05, 3.63) is 83.4 Å². The minimum Gasteiger partial charge on any atom is -0.294 e. The van der Waals surface area contributed by atoms with Crippen molar-refractivity contribution in [2.24, 2.45) is 0 Å². The van der Waals surface area contributed by atoms with Gasteiger partial charge in [0.2, 0.25) is 0 Å². The summed E-state index contributed by atoms with van der Waals surface area (Å²) in [6.45, 7) is 8.97. The lowest BCUT2D eigenvalue weighted by Crippen LogP contribution is -2.19. The number of nitrogens with zero attached hydrogens (tertiary/aromatic N) is 1. The highest BCUT2D eigenvalue weighted by atomic mass is 16.1. The molecule has 0 saturated heterocycles. The van der Waals surface area contributed by atoms with Gasteiger partial charge in [-0.1, -0.05) is 66.2 Å². The van der Waals surface area contributed by atoms with Crippen LogP contribution >= 0.6 is 0 Å². The van der Waals surface area contributed by atoms with Crippen LogP contribution < -0.4 is 0 Å². The van der Waals surface area contributed by atoms with E-state index in [9.17, 15) is 4.79 Å². The molecule has 3 aromatic carbocycles. The Morgan fingerprint density at radius 1 is 1.04 bits per heavy atom. The molecule has 0 fully saturated rings. The molecule has 1 atom stereocenters. The van der Waals surface area contributed by atoms with Crippen LogP contribution in [0.15, 0.2) is 66.7 Å². The van der Waals surface area contributed by atoms with Gasteiger partial charge in [0.25, 0.3) is 0 Å². The van der Waals surface area contributed by atoms with Crippen molar-refractivity contribution in [2.75, 3.05) is 6.54 Å². The predicted octanol–water partition coefficient (Wildman–Crippen LogP) is 5.20. The fourth-order valence-electron chi connectivity index (χ4n) is 3.21. The maximum absolute atomic E-state index is 12.4. The first kappa shape index (κ1) is 17.1. The molecular formula is C23H24NO+. The monoisotopic (exact) mass is 330 g/mol. The van der Waals surface area contributed by atoms with Crippen LogP contribution in [0.1, 0.15) is 40.9 Å². The smallest absolute Gasteiger partial charge is 0.175 e. The molecule has 25 heavy (non-hydrogen) atoms. The quantitative estimate of drug-likeness (QED) is 0.346. The average molecular weight is 330 g/mol. The first-order valence-electron chi connectivity index (χ1n) is 8.71. The van der Waals surface area contributed by atoms with Gasteiger partial charge in [0.05, 0.1) is 6.42 Å². The van der Waals surface area contributed by atoms with E-state index in [1.165, 1.54) is 16.3 Å². The van der Waals surface area contributed by atoms with Crippen molar-refractivity contribution in [3.8, 4) is 0 Å². The summed E-state index contributed by atoms with van der Waals surface area (Å²) >= 11 is 0. The minimum absolute atomic E-state index is 0.149. The van der Waals surface area contributed by atoms with E-state index in [4.69, 9.17) is 0 Å². The summed E-state index contributed by atoms with van der Waals surface area (Å²) < 4.78 is 2.01. The molecule has 3 aromatic rings. The van der Waals surface area contributed by atoms with Crippen LogP contribution in [-0.2, 0) is 0 Å². The lowest BCUT2D eigenvalue weighted by atomic mass is 9.99. The van der Waals surface area contributed by atoms with Gasteiger partial charge in [0.15, 0.2) is 11.8 Å². The maximum atomic E-state index is 12.4. The number of Topliss-reactive ketones (excluding diaryl/α,β-unsaturated/α-hetero) is 1. The van der Waals surface area contributed by atoms with E-state index < -0.39 is 0 Å². The third kappa shape index (κ3) is 3.85. The van der Waals surface area contributed by atoms with Crippen molar-refractivity contribution >= 4 is 23.3 Å². The summed E-state index contributed by atoms with van der Waals surface area (Å²) in [5.74, 6) is 0.169. The van der Waals surface area contributed by atoms with E-state index in [2.05, 4.69) is 56.1 Å². The van der Waals surface area contributed by atoms with Gasteiger partial charge in [-0.05, 0) is 23.8 Å². The zero-order valence-corrected chi connectivity index (χ0v) is 14.9. The standard InChI is InChI=1S/C23H24NO/c1-17-8-6-11-20(16-17)23(25)14-15-24(3)18(2)21-13-7-10-19-9-4-5-12-22(19)21/h4-13,16,18H,3,14-15H2,1-2H3/q+1. The number of carbonyl (C=O) groups is 1. The normalized spacial score (nSPS) is 12.1. The number of fused-ring (bicyclic) bond motifs is 1. The van der Waals surface area contributed by atoms with Crippen LogP contribution in [-0.4, -0.2) is 23.6 Å². The lowest BCUT2D eigenvalue weighted by Gasteiger charge is -2.13. The van der Waals surface area contributed by atoms with Crippen LogP contribution in [0.25, 0.3) is 10.8 Å². The van der Waals surface area contributed by atoms with E-state index in [0.29, 0.717) is 13.0 Å². The van der Waals surface area contributed by atoms with Gasteiger partial charge < -0.3 is 0 Å². The topological polar surface area (TPSA) is 20.1 Å². The van der Waals surface area contributed by atoms with Gasteiger partial charge >= 0.3 is 0 Å². The van der Waals surface area contributed by atoms with E-state index in [1.54, 1.807) is 0 Å². The lowest BCUT2D eigenvalue weighted by molar-refractivity contribution is -0.559. The summed E-state index contributed by atoms with van der Waals surface area (Å²) in [5, 5.41) is 2.48. The fourth-order valence-corrected chi connectivity index (χ4v) is 3.21. The number of rotatable bonds is 6. The molecule has 0 bridgehead atoms. The molecule has 0 radical (unpaired) electrons. The molecule has 2 nitrogen and oxygen atoms in total. The molecule has 0 aliphatic carbocycles. The zero-order valence-electron chi connectivity index (χ0n) is 14.9. The molecule has 1 unspecified atom stereocenters. The highest BCUT2D eigenvalue weighted by Crippen LogP contribution is 2.26. The first-order valence-corrected chi connectivity index (χ1v) is 8.71. The minimum atomic E-state index is 0.149. The molecule has 0 aromatic heterocycles. The van der Waals surface area contributed by atoms with Crippen molar-refractivity contribution in [1.29, 1.82) is 0 Å². The maximum Gasteiger partial charge on any atom is 0.175 e. The SMILES string of the molecule is C=[N+](CCC(=O)c1cccc(C)c1)C(C)c1cccc2ccccc12. The number of hydrogen-bond donors (Lipinski definition) is 0. The van der Waals surface area contributed by atoms with Crippen molar-refractivity contribution < 1.29 is 9.37 Å². The van der Waals surface area contributed by atoms with E-state index in [0.717, 1.165) is 11.1 Å². The Kier molecular flexibility index (Phi) is 5.08. The van der Waals surface area contributed by atoms with Gasteiger partial charge in [-0.25, -0.2) is 4.58 Å². The summed E-state index contributed by atoms with van der Waals surface area (Å²) in [6.07, 6.45) is 0.474. The number of hydrogen-bond acceptors (Lipinski definition) is 1. The molecule has 0 spiro atoms. The van der Waals surface area contributed by atoms with Gasteiger partial charge in [0.1, 0.15) is 13.3 Å². The number of ketones is 1. The Balaban J connectivity index is 1.71. The highest BCUT2D eigenvalue weighted by Gasteiger charge is 2.19. The molecule has 2 heteroatoms. The summed E-state index contributed by atoms with van der Waals surface area (Å²) in [6, 6.07) is 22.7. The summed E-state index contributed by atoms with van der Waals surface area (Å²) in [5.41, 5.74) is 3.14. The van der Waals surface area contributed by atoms with Gasteiger partial charge in [-0.15, -0.1) is 0 Å². The van der Waals surface area contributed by atoms with Gasteiger partial charge in [-0.2, -0.15) is 0 Å². The Hall–Kier alpha value is -2.74. The third-order valence-electron chi connectivity index (χ3n) is 4.79. The average Bonchev–Trinajstić information content (AvgIpc) is 2.64. The van der Waals surface area contributed by atoms with Crippen molar-refractivity contribution in [1.82, 2.24) is 0 Å². The fraction of sp³-hybridized carbons (Fsp3) is 0.217. The second kappa shape index (κ2) is 7.43. The number of aryl methyl sites for hydroxylation is 1. The number of benzene rings is 3. The molecule has 0 saturated carbocycles. The van der Waals surface area contributed by atoms with E-state index in [1.807, 2.05) is 35.8 Å². The Morgan fingerprint density at radius 2 is 1.76 bits per heavy atom. The molecule has 126 valence electrons. The predicted molar refractivity (Wildman–Crippen MR) is 105 cm³/mol. The molecule has 3 rings (SSSR count). The second-order valence-electron chi connectivity index (χ2n) is 6.60. The van der Waals surface area contributed by atoms with Crippen LogP contribution in [0.4, 0.5) is 0 Å². The molecule has 0 N–H and O–H groups in total. The van der Waals surface area contributed by atoms with Gasteiger partial charge in [0, 0.05) is 18.1 Å². The summed E-state index contributed by atoms with van der Waals surface area (Å²) in [7, 11) is 0. The first-order chi connectivity index (χ1) is 12.1. The molecule has 0 aliphatic heterocycles. The Morgan fingerprint density at radius 3 is 2.56 bits per heavy atom. The van der Waals surface area contributed by atoms with Gasteiger partial charge in [-0.3, -0.25) is 4.79 Å². The Labute approximate surface area is 149 Å². The number of carbonyl (C=O) groups excluding carboxylic acids is 1.